The minimum absolute atomic E-state index is 0.0631. The molecule has 1 fully saturated rings. The third kappa shape index (κ3) is 4.50. The highest BCUT2D eigenvalue weighted by Crippen LogP contribution is 2.32. The third-order valence-corrected chi connectivity index (χ3v) is 6.86. The van der Waals surface area contributed by atoms with Crippen LogP contribution in [0.15, 0.2) is 53.9 Å². The second kappa shape index (κ2) is 9.59. The van der Waals surface area contributed by atoms with Crippen LogP contribution in [0, 0.1) is 0 Å². The molecular weight excluding hydrogens is 392 g/mol. The van der Waals surface area contributed by atoms with E-state index in [1.54, 1.807) is 11.3 Å². The number of carbonyl (C=O) groups excluding carboxylic acids is 1. The van der Waals surface area contributed by atoms with Crippen molar-refractivity contribution in [2.75, 3.05) is 32.8 Å². The summed E-state index contributed by atoms with van der Waals surface area (Å²) in [4.78, 5) is 16.8. The number of ether oxygens (including phenoxy) is 1. The number of nitrogens with zero attached hydrogens (tertiary/aromatic N) is 2. The average Bonchev–Trinajstić information content (AvgIpc) is 3.20. The molecule has 5 heteroatoms. The van der Waals surface area contributed by atoms with Crippen LogP contribution in [-0.2, 0) is 11.3 Å². The molecule has 1 aromatic heterocycles. The fraction of sp³-hybridized carbons (Fsp3) is 0.360. The number of piperazine rings is 1. The van der Waals surface area contributed by atoms with Crippen LogP contribution in [0.3, 0.4) is 0 Å². The molecule has 30 heavy (non-hydrogen) atoms. The minimum Gasteiger partial charge on any atom is -0.494 e. The molecule has 1 unspecified atom stereocenters. The van der Waals surface area contributed by atoms with Crippen molar-refractivity contribution in [2.45, 2.75) is 26.4 Å². The van der Waals surface area contributed by atoms with E-state index < -0.39 is 0 Å². The summed E-state index contributed by atoms with van der Waals surface area (Å²) in [5.41, 5.74) is 3.11. The Morgan fingerprint density at radius 2 is 1.83 bits per heavy atom. The highest BCUT2D eigenvalue weighted by molar-refractivity contribution is 7.17. The van der Waals surface area contributed by atoms with Crippen LogP contribution in [0.25, 0.3) is 15.7 Å². The van der Waals surface area contributed by atoms with Crippen molar-refractivity contribution in [2.24, 2.45) is 0 Å². The van der Waals surface area contributed by atoms with Crippen molar-refractivity contribution >= 4 is 32.9 Å². The Labute approximate surface area is 182 Å². The summed E-state index contributed by atoms with van der Waals surface area (Å²) in [6.07, 6.45) is 0. The molecule has 0 aliphatic carbocycles. The summed E-state index contributed by atoms with van der Waals surface area (Å²) in [7, 11) is 0. The molecule has 0 saturated carbocycles. The van der Waals surface area contributed by atoms with E-state index in [0.717, 1.165) is 55.0 Å². The lowest BCUT2D eigenvalue weighted by Crippen LogP contribution is -2.49. The van der Waals surface area contributed by atoms with Gasteiger partial charge >= 0.3 is 0 Å². The number of hydrogen-bond acceptors (Lipinski definition) is 5. The average molecular weight is 421 g/mol. The molecule has 1 saturated heterocycles. The van der Waals surface area contributed by atoms with E-state index in [1.807, 2.05) is 31.2 Å². The van der Waals surface area contributed by atoms with Gasteiger partial charge in [-0.1, -0.05) is 30.3 Å². The van der Waals surface area contributed by atoms with Crippen LogP contribution < -0.4 is 4.74 Å². The molecule has 156 valence electrons. The van der Waals surface area contributed by atoms with Gasteiger partial charge in [0.05, 0.1) is 12.2 Å². The summed E-state index contributed by atoms with van der Waals surface area (Å²) in [5, 5.41) is 3.26. The fourth-order valence-corrected chi connectivity index (χ4v) is 5.12. The Kier molecular flexibility index (Phi) is 6.66. The third-order valence-electron chi connectivity index (χ3n) is 5.89. The predicted octanol–water partition coefficient (Wildman–Crippen LogP) is 4.72. The first kappa shape index (κ1) is 20.8. The first-order valence-electron chi connectivity index (χ1n) is 10.6. The summed E-state index contributed by atoms with van der Waals surface area (Å²) in [5.74, 6) is 3.19. The number of benzene rings is 2. The normalized spacial score (nSPS) is 16.3. The lowest BCUT2D eigenvalue weighted by molar-refractivity contribution is 0.115. The van der Waals surface area contributed by atoms with Gasteiger partial charge < -0.3 is 4.74 Å². The highest BCUT2D eigenvalue weighted by atomic mass is 32.1. The van der Waals surface area contributed by atoms with Gasteiger partial charge in [-0.05, 0) is 37.6 Å². The van der Waals surface area contributed by atoms with Gasteiger partial charge in [-0.25, -0.2) is 4.79 Å². The maximum atomic E-state index is 11.9. The molecule has 0 bridgehead atoms. The first-order valence-corrected chi connectivity index (χ1v) is 11.5. The molecule has 0 amide bonds. The van der Waals surface area contributed by atoms with E-state index in [9.17, 15) is 4.79 Å². The molecule has 1 atom stereocenters. The summed E-state index contributed by atoms with van der Waals surface area (Å²) in [6, 6.07) is 16.7. The molecule has 0 N–H and O–H groups in total. The van der Waals surface area contributed by atoms with E-state index in [0.29, 0.717) is 6.61 Å². The molecule has 4 nitrogen and oxygen atoms in total. The van der Waals surface area contributed by atoms with E-state index in [1.165, 1.54) is 10.3 Å². The zero-order valence-corrected chi connectivity index (χ0v) is 18.5. The maximum Gasteiger partial charge on any atom is 0.130 e. The zero-order chi connectivity index (χ0) is 20.9. The van der Waals surface area contributed by atoms with Crippen molar-refractivity contribution in [3.05, 3.63) is 65.0 Å². The van der Waals surface area contributed by atoms with Crippen LogP contribution in [-0.4, -0.2) is 54.6 Å². The molecule has 2 aromatic carbocycles. The Hall–Kier alpha value is -2.43. The van der Waals surface area contributed by atoms with Gasteiger partial charge in [0.25, 0.3) is 0 Å². The van der Waals surface area contributed by atoms with Crippen LogP contribution in [0.1, 0.15) is 25.0 Å². The molecule has 1 aliphatic heterocycles. The van der Waals surface area contributed by atoms with Crippen LogP contribution in [0.4, 0.5) is 0 Å². The van der Waals surface area contributed by atoms with Crippen LogP contribution in [0.5, 0.6) is 5.75 Å². The summed E-state index contributed by atoms with van der Waals surface area (Å²) >= 11 is 1.69. The van der Waals surface area contributed by atoms with Crippen LogP contribution >= 0.6 is 11.3 Å². The second-order valence-corrected chi connectivity index (χ2v) is 8.64. The molecule has 0 spiro atoms. The molecule has 4 rings (SSSR count). The van der Waals surface area contributed by atoms with Crippen molar-refractivity contribution in [3.63, 3.8) is 0 Å². The lowest BCUT2D eigenvalue weighted by Gasteiger charge is -2.38. The first-order chi connectivity index (χ1) is 14.7. The van der Waals surface area contributed by atoms with E-state index in [4.69, 9.17) is 4.74 Å². The van der Waals surface area contributed by atoms with E-state index >= 15 is 0 Å². The molecule has 1 aliphatic rings. The van der Waals surface area contributed by atoms with Gasteiger partial charge in [0.2, 0.25) is 0 Å². The lowest BCUT2D eigenvalue weighted by atomic mass is 9.98. The van der Waals surface area contributed by atoms with Gasteiger partial charge in [0.15, 0.2) is 0 Å². The van der Waals surface area contributed by atoms with Gasteiger partial charge in [0, 0.05) is 59.8 Å². The van der Waals surface area contributed by atoms with Gasteiger partial charge in [0.1, 0.15) is 11.7 Å². The highest BCUT2D eigenvalue weighted by Gasteiger charge is 2.26. The van der Waals surface area contributed by atoms with E-state index in [-0.39, 0.29) is 6.04 Å². The monoisotopic (exact) mass is 420 g/mol. The van der Waals surface area contributed by atoms with Gasteiger partial charge in [-0.2, -0.15) is 0 Å². The van der Waals surface area contributed by atoms with Crippen molar-refractivity contribution in [3.8, 4) is 5.75 Å². The zero-order valence-electron chi connectivity index (χ0n) is 17.6. The summed E-state index contributed by atoms with van der Waals surface area (Å²) in [6.45, 7) is 9.66. The van der Waals surface area contributed by atoms with Crippen molar-refractivity contribution in [1.29, 1.82) is 0 Å². The smallest absolute Gasteiger partial charge is 0.130 e. The Morgan fingerprint density at radius 3 is 2.53 bits per heavy atom. The Morgan fingerprint density at radius 1 is 1.10 bits per heavy atom. The quantitative estimate of drug-likeness (QED) is 0.518. The minimum atomic E-state index is 0.0631. The fourth-order valence-electron chi connectivity index (χ4n) is 4.16. The Bertz CT molecular complexity index is 1030. The van der Waals surface area contributed by atoms with Gasteiger partial charge in [-0.3, -0.25) is 9.80 Å². The topological polar surface area (TPSA) is 32.8 Å². The maximum absolute atomic E-state index is 11.9. The van der Waals surface area contributed by atoms with Crippen molar-refractivity contribution in [1.82, 2.24) is 9.80 Å². The van der Waals surface area contributed by atoms with Gasteiger partial charge in [-0.15, -0.1) is 11.3 Å². The van der Waals surface area contributed by atoms with Crippen molar-refractivity contribution < 1.29 is 9.53 Å². The number of rotatable bonds is 7. The largest absolute Gasteiger partial charge is 0.494 e. The number of hydrogen-bond donors (Lipinski definition) is 0. The SMILES string of the molecule is CCOc1ccc(CN2CCN(C(C)C(=C=O)c3csc4ccccc34)CC2)cc1. The number of fused-ring (bicyclic) bond motifs is 1. The predicted molar refractivity (Wildman–Crippen MR) is 125 cm³/mol. The Balaban J connectivity index is 1.37. The molecule has 0 radical (unpaired) electrons. The number of thiophene rings is 1. The molecule has 3 aromatic rings. The van der Waals surface area contributed by atoms with Crippen LogP contribution in [0.2, 0.25) is 0 Å². The summed E-state index contributed by atoms with van der Waals surface area (Å²) < 4.78 is 6.74. The molecule has 2 heterocycles. The second-order valence-electron chi connectivity index (χ2n) is 7.73. The standard InChI is InChI=1S/C25H28N2O2S/c1-3-29-21-10-8-20(9-11-21)16-26-12-14-27(15-13-26)19(2)23(17-28)24-18-30-25-7-5-4-6-22(24)25/h4-11,18-19H,3,12-16H2,1-2H3. The van der Waals surface area contributed by atoms with E-state index in [2.05, 4.69) is 52.3 Å². The molecular formula is C25H28N2O2S.